The van der Waals surface area contributed by atoms with Crippen molar-refractivity contribution in [1.29, 1.82) is 0 Å². The third kappa shape index (κ3) is 6.01. The molecule has 9 heteroatoms. The van der Waals surface area contributed by atoms with Crippen LogP contribution in [0.15, 0.2) is 0 Å². The Balaban J connectivity index is 2.49. The van der Waals surface area contributed by atoms with E-state index in [0.29, 0.717) is 12.8 Å². The van der Waals surface area contributed by atoms with Gasteiger partial charge in [0.15, 0.2) is 0 Å². The molecule has 0 spiro atoms. The first-order valence-corrected chi connectivity index (χ1v) is 8.38. The van der Waals surface area contributed by atoms with Crippen molar-refractivity contribution in [2.75, 3.05) is 18.8 Å². The molecule has 8 nitrogen and oxygen atoms in total. The standard InChI is InChI=1S/C14H21N3O5S/c1-3-15-12(20)4-5-17-13(21)6-11(14(17)22)23-8-10(7-18)16-9(2)19/h7,10-11H,3-6,8H2,1-2H3,(H,15,20)(H,16,19). The first-order valence-electron chi connectivity index (χ1n) is 7.33. The van der Waals surface area contributed by atoms with Crippen molar-refractivity contribution in [3.05, 3.63) is 0 Å². The van der Waals surface area contributed by atoms with E-state index in [9.17, 15) is 24.0 Å². The van der Waals surface area contributed by atoms with Crippen LogP contribution in [-0.4, -0.2) is 64.9 Å². The van der Waals surface area contributed by atoms with Crippen molar-refractivity contribution >= 4 is 41.7 Å². The SMILES string of the molecule is CCNC(=O)CCN1C(=O)CC(SCC(C=O)NC(C)=O)C1=O. The fourth-order valence-electron chi connectivity index (χ4n) is 2.11. The maximum atomic E-state index is 12.2. The van der Waals surface area contributed by atoms with E-state index in [1.165, 1.54) is 6.92 Å². The Morgan fingerprint density at radius 2 is 2.13 bits per heavy atom. The summed E-state index contributed by atoms with van der Waals surface area (Å²) in [6, 6.07) is -0.690. The minimum absolute atomic E-state index is 0.0462. The summed E-state index contributed by atoms with van der Waals surface area (Å²) in [5.41, 5.74) is 0. The van der Waals surface area contributed by atoms with Crippen LogP contribution in [0.5, 0.6) is 0 Å². The second-order valence-electron chi connectivity index (χ2n) is 5.06. The van der Waals surface area contributed by atoms with Gasteiger partial charge in [0.1, 0.15) is 6.29 Å². The van der Waals surface area contributed by atoms with Gasteiger partial charge < -0.3 is 15.4 Å². The Labute approximate surface area is 138 Å². The smallest absolute Gasteiger partial charge is 0.242 e. The third-order valence-electron chi connectivity index (χ3n) is 3.17. The number of rotatable bonds is 9. The van der Waals surface area contributed by atoms with Crippen molar-refractivity contribution in [2.24, 2.45) is 0 Å². The lowest BCUT2D eigenvalue weighted by molar-refractivity contribution is -0.138. The summed E-state index contributed by atoms with van der Waals surface area (Å²) in [5.74, 6) is -0.997. The minimum Gasteiger partial charge on any atom is -0.356 e. The maximum Gasteiger partial charge on any atom is 0.242 e. The minimum atomic E-state index is -0.690. The highest BCUT2D eigenvalue weighted by Gasteiger charge is 2.38. The van der Waals surface area contributed by atoms with E-state index in [1.54, 1.807) is 6.92 Å². The molecule has 2 N–H and O–H groups in total. The van der Waals surface area contributed by atoms with Gasteiger partial charge in [0.25, 0.3) is 0 Å². The summed E-state index contributed by atoms with van der Waals surface area (Å²) in [5, 5.41) is 4.48. The molecular weight excluding hydrogens is 322 g/mol. The van der Waals surface area contributed by atoms with Gasteiger partial charge in [-0.2, -0.15) is 0 Å². The number of thioether (sulfide) groups is 1. The molecule has 0 aromatic carbocycles. The van der Waals surface area contributed by atoms with E-state index >= 15 is 0 Å². The van der Waals surface area contributed by atoms with Crippen LogP contribution in [0.2, 0.25) is 0 Å². The lowest BCUT2D eigenvalue weighted by Crippen LogP contribution is -2.38. The highest BCUT2D eigenvalue weighted by molar-refractivity contribution is 8.00. The Hall–Kier alpha value is -1.90. The van der Waals surface area contributed by atoms with Gasteiger partial charge in [0.05, 0.1) is 11.3 Å². The Bertz CT molecular complexity index is 497. The van der Waals surface area contributed by atoms with Crippen molar-refractivity contribution < 1.29 is 24.0 Å². The number of imide groups is 1. The summed E-state index contributed by atoms with van der Waals surface area (Å²) in [6.45, 7) is 3.64. The second kappa shape index (κ2) is 9.29. The second-order valence-corrected chi connectivity index (χ2v) is 6.29. The van der Waals surface area contributed by atoms with E-state index in [1.807, 2.05) is 0 Å². The molecule has 0 aliphatic carbocycles. The molecule has 0 saturated carbocycles. The fourth-order valence-corrected chi connectivity index (χ4v) is 3.24. The Kier molecular flexibility index (Phi) is 7.73. The Morgan fingerprint density at radius 1 is 1.43 bits per heavy atom. The number of hydrogen-bond acceptors (Lipinski definition) is 6. The van der Waals surface area contributed by atoms with Crippen LogP contribution in [0.25, 0.3) is 0 Å². The normalized spacial score (nSPS) is 18.7. The lowest BCUT2D eigenvalue weighted by Gasteiger charge is -2.15. The van der Waals surface area contributed by atoms with Crippen molar-refractivity contribution in [3.8, 4) is 0 Å². The quantitative estimate of drug-likeness (QED) is 0.413. The van der Waals surface area contributed by atoms with Gasteiger partial charge >= 0.3 is 0 Å². The van der Waals surface area contributed by atoms with Crippen LogP contribution < -0.4 is 10.6 Å². The predicted octanol–water partition coefficient (Wildman–Crippen LogP) is -0.923. The van der Waals surface area contributed by atoms with Crippen LogP contribution in [-0.2, 0) is 24.0 Å². The molecule has 1 rings (SSSR count). The van der Waals surface area contributed by atoms with Crippen LogP contribution in [0.4, 0.5) is 0 Å². The summed E-state index contributed by atoms with van der Waals surface area (Å²) in [6.07, 6.45) is 0.721. The number of carbonyl (C=O) groups is 5. The van der Waals surface area contributed by atoms with Gasteiger partial charge in [-0.3, -0.25) is 24.1 Å². The molecule has 0 aromatic heterocycles. The average molecular weight is 343 g/mol. The molecule has 1 aliphatic heterocycles. The molecule has 23 heavy (non-hydrogen) atoms. The highest BCUT2D eigenvalue weighted by atomic mass is 32.2. The van der Waals surface area contributed by atoms with Gasteiger partial charge in [-0.15, -0.1) is 11.8 Å². The van der Waals surface area contributed by atoms with Crippen LogP contribution >= 0.6 is 11.8 Å². The van der Waals surface area contributed by atoms with E-state index in [0.717, 1.165) is 16.7 Å². The molecule has 0 radical (unpaired) electrons. The number of carbonyl (C=O) groups excluding carboxylic acids is 5. The zero-order valence-electron chi connectivity index (χ0n) is 13.2. The van der Waals surface area contributed by atoms with Gasteiger partial charge in [0, 0.05) is 38.6 Å². The number of amides is 4. The highest BCUT2D eigenvalue weighted by Crippen LogP contribution is 2.25. The topological polar surface area (TPSA) is 113 Å². The summed E-state index contributed by atoms with van der Waals surface area (Å²) in [7, 11) is 0. The third-order valence-corrected chi connectivity index (χ3v) is 4.49. The van der Waals surface area contributed by atoms with Crippen LogP contribution in [0.3, 0.4) is 0 Å². The average Bonchev–Trinajstić information content (AvgIpc) is 2.75. The number of likely N-dealkylation sites (tertiary alicyclic amines) is 1. The zero-order valence-corrected chi connectivity index (χ0v) is 14.0. The first-order chi connectivity index (χ1) is 10.9. The van der Waals surface area contributed by atoms with Gasteiger partial charge in [0.2, 0.25) is 23.6 Å². The molecule has 2 unspecified atom stereocenters. The van der Waals surface area contributed by atoms with Crippen molar-refractivity contribution in [2.45, 2.75) is 38.0 Å². The largest absolute Gasteiger partial charge is 0.356 e. The van der Waals surface area contributed by atoms with E-state index in [-0.39, 0.29) is 48.8 Å². The summed E-state index contributed by atoms with van der Waals surface area (Å²) >= 11 is 1.16. The molecule has 4 amide bonds. The van der Waals surface area contributed by atoms with Gasteiger partial charge in [-0.1, -0.05) is 0 Å². The van der Waals surface area contributed by atoms with Crippen molar-refractivity contribution in [1.82, 2.24) is 15.5 Å². The number of aldehydes is 1. The monoisotopic (exact) mass is 343 g/mol. The molecule has 1 saturated heterocycles. The number of nitrogens with zero attached hydrogens (tertiary/aromatic N) is 1. The first kappa shape index (κ1) is 19.1. The lowest BCUT2D eigenvalue weighted by atomic mass is 10.3. The van der Waals surface area contributed by atoms with Crippen molar-refractivity contribution in [3.63, 3.8) is 0 Å². The van der Waals surface area contributed by atoms with Gasteiger partial charge in [-0.05, 0) is 6.92 Å². The summed E-state index contributed by atoms with van der Waals surface area (Å²) < 4.78 is 0. The molecule has 0 aromatic rings. The fraction of sp³-hybridized carbons (Fsp3) is 0.643. The molecule has 1 aliphatic rings. The van der Waals surface area contributed by atoms with E-state index < -0.39 is 11.3 Å². The molecule has 2 atom stereocenters. The molecule has 1 heterocycles. The Morgan fingerprint density at radius 3 is 2.70 bits per heavy atom. The maximum absolute atomic E-state index is 12.2. The zero-order chi connectivity index (χ0) is 17.4. The molecule has 1 fully saturated rings. The van der Waals surface area contributed by atoms with Crippen LogP contribution in [0.1, 0.15) is 26.7 Å². The van der Waals surface area contributed by atoms with E-state index in [4.69, 9.17) is 0 Å². The molecule has 128 valence electrons. The number of hydrogen-bond donors (Lipinski definition) is 2. The van der Waals surface area contributed by atoms with Gasteiger partial charge in [-0.25, -0.2) is 0 Å². The molecule has 0 bridgehead atoms. The van der Waals surface area contributed by atoms with E-state index in [2.05, 4.69) is 10.6 Å². The van der Waals surface area contributed by atoms with Crippen LogP contribution in [0, 0.1) is 0 Å². The summed E-state index contributed by atoms with van der Waals surface area (Å²) in [4.78, 5) is 58.3. The molecular formula is C14H21N3O5S. The number of nitrogens with one attached hydrogen (secondary N) is 2. The predicted molar refractivity (Wildman–Crippen MR) is 84.6 cm³/mol.